The molecule has 10 nitrogen and oxygen atoms in total. The van der Waals surface area contributed by atoms with Crippen molar-refractivity contribution in [2.45, 2.75) is 47.3 Å². The van der Waals surface area contributed by atoms with Crippen molar-refractivity contribution in [3.8, 4) is 0 Å². The van der Waals surface area contributed by atoms with Gasteiger partial charge in [0.1, 0.15) is 11.5 Å². The fourth-order valence-electron chi connectivity index (χ4n) is 2.61. The molecule has 1 aromatic heterocycles. The molecule has 0 aliphatic heterocycles. The third-order valence-electron chi connectivity index (χ3n) is 4.39. The predicted molar refractivity (Wildman–Crippen MR) is 123 cm³/mol. The summed E-state index contributed by atoms with van der Waals surface area (Å²) in [7, 11) is 0. The minimum absolute atomic E-state index is 0.0678. The van der Waals surface area contributed by atoms with Crippen molar-refractivity contribution < 1.29 is 33.2 Å². The van der Waals surface area contributed by atoms with E-state index >= 15 is 0 Å². The van der Waals surface area contributed by atoms with Gasteiger partial charge in [-0.2, -0.15) is 0 Å². The van der Waals surface area contributed by atoms with E-state index in [0.29, 0.717) is 91.6 Å². The van der Waals surface area contributed by atoms with Crippen LogP contribution in [0, 0.1) is 11.8 Å². The topological polar surface area (TPSA) is 103 Å². The molecule has 0 bridgehead atoms. The standard InChI is InChI=1S/C23H43N3O7/c1-20(2)17-26-18-22(24-25-26)19-33-16-15-32-14-13-31-12-11-30-10-9-29-8-7-28-6-5-23(27)21(3)4/h18,20-21H,5-17,19H2,1-4H3. The minimum atomic E-state index is 0.0678. The van der Waals surface area contributed by atoms with Gasteiger partial charge in [0, 0.05) is 18.9 Å². The molecule has 1 aromatic rings. The normalized spacial score (nSPS) is 11.7. The molecular formula is C23H43N3O7. The van der Waals surface area contributed by atoms with Crippen LogP contribution in [0.5, 0.6) is 0 Å². The monoisotopic (exact) mass is 473 g/mol. The second-order valence-electron chi connectivity index (χ2n) is 8.31. The van der Waals surface area contributed by atoms with E-state index in [0.717, 1.165) is 12.2 Å². The molecule has 0 fully saturated rings. The lowest BCUT2D eigenvalue weighted by Crippen LogP contribution is -2.15. The Morgan fingerprint density at radius 2 is 1.21 bits per heavy atom. The lowest BCUT2D eigenvalue weighted by atomic mass is 10.1. The van der Waals surface area contributed by atoms with Crippen molar-refractivity contribution in [1.82, 2.24) is 15.0 Å². The molecule has 0 N–H and O–H groups in total. The van der Waals surface area contributed by atoms with Crippen LogP contribution in [0.1, 0.15) is 39.8 Å². The number of hydrogen-bond donors (Lipinski definition) is 0. The summed E-state index contributed by atoms with van der Waals surface area (Å²) in [5, 5.41) is 8.16. The number of carbonyl (C=O) groups excluding carboxylic acids is 1. The molecule has 1 rings (SSSR count). The molecule has 0 radical (unpaired) electrons. The first-order valence-electron chi connectivity index (χ1n) is 11.9. The number of hydrogen-bond acceptors (Lipinski definition) is 9. The summed E-state index contributed by atoms with van der Waals surface area (Å²) >= 11 is 0. The van der Waals surface area contributed by atoms with Gasteiger partial charge in [0.2, 0.25) is 0 Å². The first-order valence-corrected chi connectivity index (χ1v) is 11.9. The van der Waals surface area contributed by atoms with E-state index in [1.165, 1.54) is 0 Å². The van der Waals surface area contributed by atoms with Crippen LogP contribution in [0.15, 0.2) is 6.20 Å². The molecule has 0 aliphatic rings. The molecule has 1 heterocycles. The third-order valence-corrected chi connectivity index (χ3v) is 4.39. The summed E-state index contributed by atoms with van der Waals surface area (Å²) in [5.41, 5.74) is 0.826. The summed E-state index contributed by atoms with van der Waals surface area (Å²) in [6.07, 6.45) is 2.38. The van der Waals surface area contributed by atoms with Crippen LogP contribution in [0.25, 0.3) is 0 Å². The van der Waals surface area contributed by atoms with Gasteiger partial charge in [-0.05, 0) is 5.92 Å². The van der Waals surface area contributed by atoms with Gasteiger partial charge in [-0.1, -0.05) is 32.9 Å². The van der Waals surface area contributed by atoms with Crippen LogP contribution in [-0.4, -0.2) is 93.5 Å². The van der Waals surface area contributed by atoms with Crippen molar-refractivity contribution >= 4 is 5.78 Å². The second kappa shape index (κ2) is 20.0. The minimum Gasteiger partial charge on any atom is -0.379 e. The van der Waals surface area contributed by atoms with E-state index in [1.54, 1.807) is 0 Å². The Hall–Kier alpha value is -1.43. The van der Waals surface area contributed by atoms with E-state index in [1.807, 2.05) is 24.7 Å². The molecule has 0 atom stereocenters. The van der Waals surface area contributed by atoms with Crippen molar-refractivity contribution in [2.75, 3.05) is 72.7 Å². The number of nitrogens with zero attached hydrogens (tertiary/aromatic N) is 3. The van der Waals surface area contributed by atoms with Gasteiger partial charge in [-0.25, -0.2) is 0 Å². The van der Waals surface area contributed by atoms with E-state index in [2.05, 4.69) is 24.2 Å². The Morgan fingerprint density at radius 3 is 1.67 bits per heavy atom. The van der Waals surface area contributed by atoms with Crippen LogP contribution < -0.4 is 0 Å². The average Bonchev–Trinajstić information content (AvgIpc) is 3.21. The maximum absolute atomic E-state index is 11.4. The van der Waals surface area contributed by atoms with E-state index in [9.17, 15) is 4.79 Å². The smallest absolute Gasteiger partial charge is 0.137 e. The van der Waals surface area contributed by atoms with Gasteiger partial charge in [-0.3, -0.25) is 9.48 Å². The van der Waals surface area contributed by atoms with Gasteiger partial charge in [0.05, 0.1) is 85.5 Å². The molecule has 192 valence electrons. The lowest BCUT2D eigenvalue weighted by molar-refractivity contribution is -0.123. The first-order chi connectivity index (χ1) is 16.0. The van der Waals surface area contributed by atoms with E-state index < -0.39 is 0 Å². The van der Waals surface area contributed by atoms with Crippen molar-refractivity contribution in [1.29, 1.82) is 0 Å². The van der Waals surface area contributed by atoms with Gasteiger partial charge in [0.25, 0.3) is 0 Å². The Kier molecular flexibility index (Phi) is 17.9. The van der Waals surface area contributed by atoms with Crippen molar-refractivity contribution in [2.24, 2.45) is 11.8 Å². The van der Waals surface area contributed by atoms with Crippen molar-refractivity contribution in [3.63, 3.8) is 0 Å². The molecular weight excluding hydrogens is 430 g/mol. The van der Waals surface area contributed by atoms with Crippen LogP contribution >= 0.6 is 0 Å². The second-order valence-corrected chi connectivity index (χ2v) is 8.31. The quantitative estimate of drug-likeness (QED) is 0.221. The maximum atomic E-state index is 11.4. The number of Topliss-reactive ketones (excluding diaryl/α,β-unsaturated/α-hetero) is 1. The molecule has 0 unspecified atom stereocenters. The fraction of sp³-hybridized carbons (Fsp3) is 0.870. The van der Waals surface area contributed by atoms with Crippen LogP contribution in [0.3, 0.4) is 0 Å². The molecule has 0 saturated carbocycles. The highest BCUT2D eigenvalue weighted by Crippen LogP contribution is 2.01. The zero-order valence-electron chi connectivity index (χ0n) is 20.8. The highest BCUT2D eigenvalue weighted by Gasteiger charge is 2.06. The van der Waals surface area contributed by atoms with Crippen LogP contribution in [0.2, 0.25) is 0 Å². The Balaban J connectivity index is 1.74. The van der Waals surface area contributed by atoms with Crippen molar-refractivity contribution in [3.05, 3.63) is 11.9 Å². The summed E-state index contributed by atoms with van der Waals surface area (Å²) in [6, 6.07) is 0. The molecule has 0 saturated heterocycles. The Bertz CT molecular complexity index is 596. The molecule has 10 heteroatoms. The van der Waals surface area contributed by atoms with E-state index in [-0.39, 0.29) is 11.7 Å². The highest BCUT2D eigenvalue weighted by atomic mass is 16.6. The zero-order valence-corrected chi connectivity index (χ0v) is 20.8. The van der Waals surface area contributed by atoms with Gasteiger partial charge >= 0.3 is 0 Å². The summed E-state index contributed by atoms with van der Waals surface area (Å²) in [6.45, 7) is 14.9. The largest absolute Gasteiger partial charge is 0.379 e. The third kappa shape index (κ3) is 17.7. The predicted octanol–water partition coefficient (Wildman–Crippen LogP) is 2.15. The molecule has 0 aromatic carbocycles. The molecule has 0 amide bonds. The number of rotatable bonds is 23. The molecule has 0 aliphatic carbocycles. The summed E-state index contributed by atoms with van der Waals surface area (Å²) in [5.74, 6) is 0.826. The maximum Gasteiger partial charge on any atom is 0.137 e. The fourth-order valence-corrected chi connectivity index (χ4v) is 2.61. The number of ether oxygens (including phenoxy) is 6. The Labute approximate surface area is 198 Å². The molecule has 33 heavy (non-hydrogen) atoms. The SMILES string of the molecule is CC(C)Cn1cc(COCCOCCOCCOCCOCCOCCC(=O)C(C)C)nn1. The average molecular weight is 474 g/mol. The zero-order chi connectivity index (χ0) is 24.2. The first kappa shape index (κ1) is 29.6. The lowest BCUT2D eigenvalue weighted by Gasteiger charge is -2.08. The molecule has 0 spiro atoms. The Morgan fingerprint density at radius 1 is 0.758 bits per heavy atom. The summed E-state index contributed by atoms with van der Waals surface area (Å²) in [4.78, 5) is 11.4. The van der Waals surface area contributed by atoms with E-state index in [4.69, 9.17) is 28.4 Å². The number of carbonyl (C=O) groups is 1. The van der Waals surface area contributed by atoms with Crippen LogP contribution in [-0.2, 0) is 46.4 Å². The number of ketones is 1. The number of aromatic nitrogens is 3. The van der Waals surface area contributed by atoms with Gasteiger partial charge < -0.3 is 28.4 Å². The van der Waals surface area contributed by atoms with Crippen LogP contribution in [0.4, 0.5) is 0 Å². The van der Waals surface area contributed by atoms with Gasteiger partial charge in [-0.15, -0.1) is 5.10 Å². The highest BCUT2D eigenvalue weighted by molar-refractivity contribution is 5.80. The summed E-state index contributed by atoms with van der Waals surface area (Å²) < 4.78 is 34.5. The van der Waals surface area contributed by atoms with Gasteiger partial charge in [0.15, 0.2) is 0 Å².